The van der Waals surface area contributed by atoms with Crippen LogP contribution in [0.4, 0.5) is 5.69 Å². The van der Waals surface area contributed by atoms with Gasteiger partial charge in [-0.3, -0.25) is 4.79 Å². The number of carbonyl (C=O) groups is 1. The zero-order valence-electron chi connectivity index (χ0n) is 7.32. The summed E-state index contributed by atoms with van der Waals surface area (Å²) in [5.41, 5.74) is 8.89. The van der Waals surface area contributed by atoms with Crippen LogP contribution in [-0.4, -0.2) is 10.7 Å². The Morgan fingerprint density at radius 3 is 2.92 bits per heavy atom. The lowest BCUT2D eigenvalue weighted by Crippen LogP contribution is -1.94. The third kappa shape index (κ3) is 1.01. The summed E-state index contributed by atoms with van der Waals surface area (Å²) in [6, 6.07) is 7.46. The van der Waals surface area contributed by atoms with Crippen molar-refractivity contribution in [2.24, 2.45) is 0 Å². The van der Waals surface area contributed by atoms with Gasteiger partial charge in [0, 0.05) is 5.69 Å². The van der Waals surface area contributed by atoms with Crippen LogP contribution in [0.5, 0.6) is 0 Å². The van der Waals surface area contributed by atoms with E-state index in [1.807, 2.05) is 29.5 Å². The third-order valence-electron chi connectivity index (χ3n) is 2.16. The zero-order chi connectivity index (χ0) is 9.42. The molecule has 2 aromatic rings. The second-order valence-corrected chi connectivity index (χ2v) is 3.03. The maximum atomic E-state index is 10.7. The molecule has 2 heterocycles. The topological polar surface area (TPSA) is 47.5 Å². The molecular formula is C10H10N2O. The summed E-state index contributed by atoms with van der Waals surface area (Å²) in [6.45, 7) is 1.94. The fraction of sp³-hybridized carbons (Fsp3) is 0.100. The van der Waals surface area contributed by atoms with Crippen molar-refractivity contribution in [1.29, 1.82) is 0 Å². The van der Waals surface area contributed by atoms with Crippen LogP contribution in [0.15, 0.2) is 24.3 Å². The molecule has 0 spiro atoms. The number of nitrogens with zero attached hydrogens (tertiary/aromatic N) is 1. The predicted molar refractivity (Wildman–Crippen MR) is 51.9 cm³/mol. The molecule has 0 amide bonds. The highest BCUT2D eigenvalue weighted by Gasteiger charge is 2.06. The number of hydrogen-bond donors (Lipinski definition) is 1. The van der Waals surface area contributed by atoms with Crippen molar-refractivity contribution in [3.63, 3.8) is 0 Å². The molecule has 2 rings (SSSR count). The van der Waals surface area contributed by atoms with Gasteiger partial charge in [0.2, 0.25) is 0 Å². The van der Waals surface area contributed by atoms with Gasteiger partial charge in [-0.2, -0.15) is 0 Å². The molecule has 3 nitrogen and oxygen atoms in total. The summed E-state index contributed by atoms with van der Waals surface area (Å²) in [4.78, 5) is 10.7. The number of anilines is 1. The molecule has 3 heteroatoms. The molecule has 0 fully saturated rings. The van der Waals surface area contributed by atoms with Crippen LogP contribution in [0.25, 0.3) is 5.52 Å². The average Bonchev–Trinajstić information content (AvgIpc) is 2.45. The highest BCUT2D eigenvalue weighted by Crippen LogP contribution is 2.19. The Labute approximate surface area is 75.8 Å². The van der Waals surface area contributed by atoms with Gasteiger partial charge < -0.3 is 10.1 Å². The number of nitrogens with two attached hydrogens (primary N) is 1. The van der Waals surface area contributed by atoms with E-state index in [1.54, 1.807) is 6.07 Å². The summed E-state index contributed by atoms with van der Waals surface area (Å²) >= 11 is 0. The van der Waals surface area contributed by atoms with Gasteiger partial charge in [-0.15, -0.1) is 0 Å². The van der Waals surface area contributed by atoms with E-state index in [2.05, 4.69) is 0 Å². The first-order valence-electron chi connectivity index (χ1n) is 4.06. The molecule has 0 bridgehead atoms. The Morgan fingerprint density at radius 1 is 1.46 bits per heavy atom. The number of aromatic nitrogens is 1. The standard InChI is InChI=1S/C10H10N2O/c1-7-3-2-4-10-9(11)5-8(6-13)12(7)10/h2-6H,11H2,1H3. The number of rotatable bonds is 1. The van der Waals surface area contributed by atoms with Gasteiger partial charge in [0.05, 0.1) is 16.9 Å². The summed E-state index contributed by atoms with van der Waals surface area (Å²) in [7, 11) is 0. The van der Waals surface area contributed by atoms with Crippen LogP contribution in [0, 0.1) is 6.92 Å². The minimum Gasteiger partial charge on any atom is -0.397 e. The summed E-state index contributed by atoms with van der Waals surface area (Å²) in [5, 5.41) is 0. The van der Waals surface area contributed by atoms with Gasteiger partial charge in [0.15, 0.2) is 6.29 Å². The quantitative estimate of drug-likeness (QED) is 0.668. The predicted octanol–water partition coefficient (Wildman–Crippen LogP) is 1.64. The van der Waals surface area contributed by atoms with E-state index < -0.39 is 0 Å². The first-order chi connectivity index (χ1) is 6.24. The molecule has 2 N–H and O–H groups in total. The minimum absolute atomic E-state index is 0.602. The molecular weight excluding hydrogens is 164 g/mol. The molecule has 0 radical (unpaired) electrons. The highest BCUT2D eigenvalue weighted by molar-refractivity contribution is 5.83. The molecule has 0 aliphatic rings. The van der Waals surface area contributed by atoms with E-state index in [4.69, 9.17) is 5.73 Å². The maximum absolute atomic E-state index is 10.7. The molecule has 0 aliphatic carbocycles. The van der Waals surface area contributed by atoms with E-state index in [-0.39, 0.29) is 0 Å². The van der Waals surface area contributed by atoms with Gasteiger partial charge >= 0.3 is 0 Å². The van der Waals surface area contributed by atoms with E-state index in [1.165, 1.54) is 0 Å². The monoisotopic (exact) mass is 174 g/mol. The number of carbonyl (C=O) groups excluding carboxylic acids is 1. The maximum Gasteiger partial charge on any atom is 0.166 e. The first kappa shape index (κ1) is 7.86. The van der Waals surface area contributed by atoms with Crippen molar-refractivity contribution in [2.45, 2.75) is 6.92 Å². The number of hydrogen-bond acceptors (Lipinski definition) is 2. The third-order valence-corrected chi connectivity index (χ3v) is 2.16. The second kappa shape index (κ2) is 2.62. The van der Waals surface area contributed by atoms with Crippen LogP contribution in [0.1, 0.15) is 16.2 Å². The number of pyridine rings is 1. The van der Waals surface area contributed by atoms with Crippen LogP contribution in [-0.2, 0) is 0 Å². The number of aryl methyl sites for hydroxylation is 1. The van der Waals surface area contributed by atoms with E-state index in [0.717, 1.165) is 17.5 Å². The Bertz CT molecular complexity index is 471. The van der Waals surface area contributed by atoms with Crippen molar-refractivity contribution in [3.8, 4) is 0 Å². The minimum atomic E-state index is 0.602. The van der Waals surface area contributed by atoms with E-state index >= 15 is 0 Å². The SMILES string of the molecule is Cc1cccc2c(N)cc(C=O)n12. The van der Waals surface area contributed by atoms with Gasteiger partial charge in [0.1, 0.15) is 0 Å². The van der Waals surface area contributed by atoms with Crippen molar-refractivity contribution < 1.29 is 4.79 Å². The lowest BCUT2D eigenvalue weighted by atomic mass is 10.3. The Kier molecular flexibility index (Phi) is 1.59. The van der Waals surface area contributed by atoms with Crippen molar-refractivity contribution in [3.05, 3.63) is 35.7 Å². The van der Waals surface area contributed by atoms with Crippen LogP contribution >= 0.6 is 0 Å². The summed E-state index contributed by atoms with van der Waals surface area (Å²) in [6.07, 6.45) is 0.816. The zero-order valence-corrected chi connectivity index (χ0v) is 7.32. The van der Waals surface area contributed by atoms with Crippen LogP contribution in [0.3, 0.4) is 0 Å². The molecule has 0 saturated carbocycles. The molecule has 2 aromatic heterocycles. The van der Waals surface area contributed by atoms with Gasteiger partial charge in [0.25, 0.3) is 0 Å². The van der Waals surface area contributed by atoms with Gasteiger partial charge in [-0.1, -0.05) is 6.07 Å². The molecule has 0 saturated heterocycles. The van der Waals surface area contributed by atoms with Crippen LogP contribution < -0.4 is 5.73 Å². The number of aldehydes is 1. The van der Waals surface area contributed by atoms with E-state index in [0.29, 0.717) is 11.4 Å². The first-order valence-corrected chi connectivity index (χ1v) is 4.06. The van der Waals surface area contributed by atoms with Gasteiger partial charge in [-0.05, 0) is 25.1 Å². The second-order valence-electron chi connectivity index (χ2n) is 3.03. The molecule has 0 aromatic carbocycles. The fourth-order valence-corrected chi connectivity index (χ4v) is 1.57. The molecule has 66 valence electrons. The summed E-state index contributed by atoms with van der Waals surface area (Å²) < 4.78 is 1.85. The number of nitrogen functional groups attached to an aromatic ring is 1. The highest BCUT2D eigenvalue weighted by atomic mass is 16.1. The largest absolute Gasteiger partial charge is 0.397 e. The molecule has 0 aliphatic heterocycles. The lowest BCUT2D eigenvalue weighted by molar-refractivity contribution is 0.111. The van der Waals surface area contributed by atoms with Gasteiger partial charge in [-0.25, -0.2) is 0 Å². The Hall–Kier alpha value is -1.77. The van der Waals surface area contributed by atoms with Crippen LogP contribution in [0.2, 0.25) is 0 Å². The average molecular weight is 174 g/mol. The van der Waals surface area contributed by atoms with Crippen molar-refractivity contribution >= 4 is 17.5 Å². The smallest absolute Gasteiger partial charge is 0.166 e. The Balaban J connectivity index is 2.96. The molecule has 0 unspecified atom stereocenters. The van der Waals surface area contributed by atoms with E-state index in [9.17, 15) is 4.79 Å². The Morgan fingerprint density at radius 2 is 2.23 bits per heavy atom. The molecule has 13 heavy (non-hydrogen) atoms. The fourth-order valence-electron chi connectivity index (χ4n) is 1.57. The van der Waals surface area contributed by atoms with Crippen molar-refractivity contribution in [1.82, 2.24) is 4.40 Å². The number of fused-ring (bicyclic) bond motifs is 1. The molecule has 0 atom stereocenters. The summed E-state index contributed by atoms with van der Waals surface area (Å²) in [5.74, 6) is 0. The normalized spacial score (nSPS) is 10.5. The lowest BCUT2D eigenvalue weighted by Gasteiger charge is -2.01. The van der Waals surface area contributed by atoms with Crippen molar-refractivity contribution in [2.75, 3.05) is 5.73 Å².